The van der Waals surface area contributed by atoms with Crippen molar-refractivity contribution in [2.24, 2.45) is 0 Å². The number of fused-ring (bicyclic) bond motifs is 1. The molecule has 4 heteroatoms. The van der Waals surface area contributed by atoms with Gasteiger partial charge in [0.1, 0.15) is 5.75 Å². The molecular formula is C7H7FN2O. The van der Waals surface area contributed by atoms with Crippen LogP contribution in [0.5, 0.6) is 5.75 Å². The molecule has 0 fully saturated rings. The maximum Gasteiger partial charge on any atom is 0.168 e. The molecule has 0 radical (unpaired) electrons. The van der Waals surface area contributed by atoms with Crippen molar-refractivity contribution in [3.63, 3.8) is 0 Å². The highest BCUT2D eigenvalue weighted by Gasteiger charge is 2.15. The summed E-state index contributed by atoms with van der Waals surface area (Å²) in [7, 11) is 0. The molecule has 1 aromatic heterocycles. The summed E-state index contributed by atoms with van der Waals surface area (Å²) in [5.41, 5.74) is 6.00. The predicted octanol–water partition coefficient (Wildman–Crippen LogP) is 0.738. The zero-order valence-electron chi connectivity index (χ0n) is 5.80. The minimum Gasteiger partial charge on any atom is -0.491 e. The van der Waals surface area contributed by atoms with Crippen molar-refractivity contribution in [2.75, 3.05) is 12.3 Å². The van der Waals surface area contributed by atoms with E-state index in [2.05, 4.69) is 4.98 Å². The van der Waals surface area contributed by atoms with Gasteiger partial charge in [0.05, 0.1) is 12.3 Å². The summed E-state index contributed by atoms with van der Waals surface area (Å²) in [6.07, 6.45) is 0.722. The molecule has 1 aliphatic rings. The third-order valence-corrected chi connectivity index (χ3v) is 1.64. The normalized spacial score (nSPS) is 14.3. The summed E-state index contributed by atoms with van der Waals surface area (Å²) in [6, 6.07) is 1.28. The maximum absolute atomic E-state index is 12.7. The molecule has 2 rings (SSSR count). The lowest BCUT2D eigenvalue weighted by molar-refractivity contribution is 0.355. The van der Waals surface area contributed by atoms with Gasteiger partial charge in [-0.15, -0.1) is 0 Å². The van der Waals surface area contributed by atoms with Crippen LogP contribution in [0.1, 0.15) is 5.69 Å². The van der Waals surface area contributed by atoms with Gasteiger partial charge in [-0.05, 0) is 0 Å². The van der Waals surface area contributed by atoms with Gasteiger partial charge in [-0.3, -0.25) is 0 Å². The molecule has 0 saturated carbocycles. The molecule has 2 N–H and O–H groups in total. The molecule has 0 aromatic carbocycles. The molecule has 58 valence electrons. The third-order valence-electron chi connectivity index (χ3n) is 1.64. The second-order valence-corrected chi connectivity index (χ2v) is 2.40. The largest absolute Gasteiger partial charge is 0.491 e. The molecule has 0 saturated heterocycles. The van der Waals surface area contributed by atoms with Crippen LogP contribution in [0.15, 0.2) is 6.07 Å². The van der Waals surface area contributed by atoms with Gasteiger partial charge in [0.2, 0.25) is 0 Å². The molecule has 3 nitrogen and oxygen atoms in total. The van der Waals surface area contributed by atoms with Crippen molar-refractivity contribution >= 4 is 5.82 Å². The second kappa shape index (κ2) is 2.08. The number of hydrogen-bond donors (Lipinski definition) is 1. The number of nitrogens with zero attached hydrogens (tertiary/aromatic N) is 1. The Bertz CT molecular complexity index is 272. The van der Waals surface area contributed by atoms with E-state index in [0.29, 0.717) is 12.4 Å². The standard InChI is InChI=1S/C7H7FN2O/c8-4-3-6-5(1-2-11-6)10-7(4)9/h3H,1-2H2,(H2,9,10). The highest BCUT2D eigenvalue weighted by atomic mass is 19.1. The minimum absolute atomic E-state index is 0.0470. The first-order valence-corrected chi connectivity index (χ1v) is 3.35. The van der Waals surface area contributed by atoms with Gasteiger partial charge in [-0.2, -0.15) is 0 Å². The fraction of sp³-hybridized carbons (Fsp3) is 0.286. The Hall–Kier alpha value is -1.32. The summed E-state index contributed by atoms with van der Waals surface area (Å²) >= 11 is 0. The summed E-state index contributed by atoms with van der Waals surface area (Å²) in [6.45, 7) is 0.575. The number of nitrogens with two attached hydrogens (primary N) is 1. The van der Waals surface area contributed by atoms with Crippen LogP contribution < -0.4 is 10.5 Å². The summed E-state index contributed by atoms with van der Waals surface area (Å²) in [5.74, 6) is -0.0309. The molecule has 0 unspecified atom stereocenters. The maximum atomic E-state index is 12.7. The zero-order valence-corrected chi connectivity index (χ0v) is 5.80. The first kappa shape index (κ1) is 6.39. The van der Waals surface area contributed by atoms with E-state index in [-0.39, 0.29) is 5.82 Å². The molecule has 1 aliphatic heterocycles. The van der Waals surface area contributed by atoms with Crippen molar-refractivity contribution in [3.05, 3.63) is 17.6 Å². The Morgan fingerprint density at radius 1 is 1.64 bits per heavy atom. The highest BCUT2D eigenvalue weighted by Crippen LogP contribution is 2.25. The van der Waals surface area contributed by atoms with E-state index in [1.807, 2.05) is 0 Å². The van der Waals surface area contributed by atoms with E-state index in [1.54, 1.807) is 0 Å². The van der Waals surface area contributed by atoms with Crippen molar-refractivity contribution in [3.8, 4) is 5.75 Å². The van der Waals surface area contributed by atoms with E-state index in [4.69, 9.17) is 10.5 Å². The van der Waals surface area contributed by atoms with Crippen LogP contribution in [-0.4, -0.2) is 11.6 Å². The van der Waals surface area contributed by atoms with Crippen molar-refractivity contribution in [1.29, 1.82) is 0 Å². The first-order chi connectivity index (χ1) is 5.27. The van der Waals surface area contributed by atoms with E-state index in [1.165, 1.54) is 6.07 Å². The molecular weight excluding hydrogens is 147 g/mol. The van der Waals surface area contributed by atoms with E-state index < -0.39 is 5.82 Å². The van der Waals surface area contributed by atoms with E-state index in [9.17, 15) is 4.39 Å². The molecule has 0 aliphatic carbocycles. The van der Waals surface area contributed by atoms with Crippen LogP contribution in [0, 0.1) is 5.82 Å². The fourth-order valence-electron chi connectivity index (χ4n) is 1.09. The van der Waals surface area contributed by atoms with Crippen molar-refractivity contribution < 1.29 is 9.13 Å². The number of aromatic nitrogens is 1. The fourth-order valence-corrected chi connectivity index (χ4v) is 1.09. The average molecular weight is 154 g/mol. The number of pyridine rings is 1. The summed E-state index contributed by atoms with van der Waals surface area (Å²) < 4.78 is 17.8. The summed E-state index contributed by atoms with van der Waals surface area (Å²) in [4.78, 5) is 3.83. The highest BCUT2D eigenvalue weighted by molar-refractivity contribution is 5.41. The Morgan fingerprint density at radius 2 is 2.45 bits per heavy atom. The van der Waals surface area contributed by atoms with Gasteiger partial charge in [0, 0.05) is 12.5 Å². The lowest BCUT2D eigenvalue weighted by atomic mass is 10.3. The van der Waals surface area contributed by atoms with Crippen LogP contribution in [0.4, 0.5) is 10.2 Å². The monoisotopic (exact) mass is 154 g/mol. The van der Waals surface area contributed by atoms with Crippen LogP contribution in [0.25, 0.3) is 0 Å². The number of rotatable bonds is 0. The smallest absolute Gasteiger partial charge is 0.168 e. The molecule has 0 bridgehead atoms. The number of anilines is 1. The van der Waals surface area contributed by atoms with Gasteiger partial charge >= 0.3 is 0 Å². The second-order valence-electron chi connectivity index (χ2n) is 2.40. The Morgan fingerprint density at radius 3 is 3.27 bits per heavy atom. The van der Waals surface area contributed by atoms with E-state index >= 15 is 0 Å². The molecule has 2 heterocycles. The van der Waals surface area contributed by atoms with E-state index in [0.717, 1.165) is 12.1 Å². The van der Waals surface area contributed by atoms with Crippen LogP contribution in [-0.2, 0) is 6.42 Å². The van der Waals surface area contributed by atoms with Crippen molar-refractivity contribution in [1.82, 2.24) is 4.98 Å². The molecule has 0 spiro atoms. The van der Waals surface area contributed by atoms with Gasteiger partial charge in [0.25, 0.3) is 0 Å². The molecule has 0 atom stereocenters. The van der Waals surface area contributed by atoms with Crippen molar-refractivity contribution in [2.45, 2.75) is 6.42 Å². The van der Waals surface area contributed by atoms with Gasteiger partial charge in [0.15, 0.2) is 11.6 Å². The SMILES string of the molecule is Nc1nc2c(cc1F)OCC2. The van der Waals surface area contributed by atoms with Crippen LogP contribution in [0.2, 0.25) is 0 Å². The zero-order chi connectivity index (χ0) is 7.84. The minimum atomic E-state index is -0.509. The third kappa shape index (κ3) is 0.906. The predicted molar refractivity (Wildman–Crippen MR) is 37.8 cm³/mol. The molecule has 11 heavy (non-hydrogen) atoms. The Balaban J connectivity index is 2.57. The number of halogens is 1. The van der Waals surface area contributed by atoms with Gasteiger partial charge < -0.3 is 10.5 Å². The van der Waals surface area contributed by atoms with Crippen LogP contribution in [0.3, 0.4) is 0 Å². The lowest BCUT2D eigenvalue weighted by Gasteiger charge is -1.99. The Kier molecular flexibility index (Phi) is 1.21. The quantitative estimate of drug-likeness (QED) is 0.599. The molecule has 0 amide bonds. The first-order valence-electron chi connectivity index (χ1n) is 3.35. The number of ether oxygens (including phenoxy) is 1. The topological polar surface area (TPSA) is 48.1 Å². The average Bonchev–Trinajstić information content (AvgIpc) is 2.36. The molecule has 1 aromatic rings. The summed E-state index contributed by atoms with van der Waals surface area (Å²) in [5, 5.41) is 0. The van der Waals surface area contributed by atoms with Gasteiger partial charge in [-0.1, -0.05) is 0 Å². The number of nitrogen functional groups attached to an aromatic ring is 1. The van der Waals surface area contributed by atoms with Crippen LogP contribution >= 0.6 is 0 Å². The lowest BCUT2D eigenvalue weighted by Crippen LogP contribution is -1.96. The van der Waals surface area contributed by atoms with Gasteiger partial charge in [-0.25, -0.2) is 9.37 Å². The Labute approximate surface area is 63.0 Å². The number of hydrogen-bond acceptors (Lipinski definition) is 3.